The molecule has 2 atom stereocenters. The lowest BCUT2D eigenvalue weighted by Gasteiger charge is -2.32. The van der Waals surface area contributed by atoms with Crippen molar-refractivity contribution in [2.45, 2.75) is 38.3 Å². The van der Waals surface area contributed by atoms with E-state index in [9.17, 15) is 14.4 Å². The molecule has 0 radical (unpaired) electrons. The number of carbonyl (C=O) groups excluding carboxylic acids is 2. The van der Waals surface area contributed by atoms with Crippen LogP contribution in [0.25, 0.3) is 0 Å². The Morgan fingerprint density at radius 3 is 2.76 bits per heavy atom. The number of carboxylic acids is 1. The molecule has 0 aromatic rings. The molecule has 0 aliphatic carbocycles. The van der Waals surface area contributed by atoms with Crippen LogP contribution in [0.5, 0.6) is 0 Å². The first-order chi connectivity index (χ1) is 9.99. The van der Waals surface area contributed by atoms with Gasteiger partial charge < -0.3 is 24.8 Å². The number of rotatable bonds is 6. The molecule has 2 amide bonds. The van der Waals surface area contributed by atoms with E-state index >= 15 is 0 Å². The summed E-state index contributed by atoms with van der Waals surface area (Å²) in [5.74, 6) is -1.61. The highest BCUT2D eigenvalue weighted by molar-refractivity contribution is 5.83. The first-order valence-electron chi connectivity index (χ1n) is 6.97. The van der Waals surface area contributed by atoms with Crippen LogP contribution >= 0.6 is 0 Å². The maximum atomic E-state index is 12.1. The third-order valence-corrected chi connectivity index (χ3v) is 3.26. The predicted octanol–water partition coefficient (Wildman–Crippen LogP) is 0.213. The van der Waals surface area contributed by atoms with Crippen molar-refractivity contribution >= 4 is 18.0 Å². The largest absolute Gasteiger partial charge is 0.480 e. The highest BCUT2D eigenvalue weighted by Gasteiger charge is 2.31. The van der Waals surface area contributed by atoms with Crippen LogP contribution in [-0.4, -0.2) is 66.9 Å². The number of urea groups is 1. The molecule has 1 aliphatic rings. The van der Waals surface area contributed by atoms with Gasteiger partial charge >= 0.3 is 18.0 Å². The summed E-state index contributed by atoms with van der Waals surface area (Å²) < 4.78 is 9.79. The third kappa shape index (κ3) is 5.22. The van der Waals surface area contributed by atoms with E-state index in [1.54, 1.807) is 0 Å². The van der Waals surface area contributed by atoms with Gasteiger partial charge in [-0.1, -0.05) is 19.8 Å². The van der Waals surface area contributed by atoms with Crippen LogP contribution in [0.1, 0.15) is 26.2 Å². The number of hydrogen-bond acceptors (Lipinski definition) is 5. The van der Waals surface area contributed by atoms with Gasteiger partial charge in [-0.2, -0.15) is 0 Å². The Morgan fingerprint density at radius 1 is 1.48 bits per heavy atom. The van der Waals surface area contributed by atoms with E-state index in [4.69, 9.17) is 9.84 Å². The molecule has 0 aromatic heterocycles. The van der Waals surface area contributed by atoms with Crippen molar-refractivity contribution in [3.05, 3.63) is 0 Å². The molecule has 0 bridgehead atoms. The second-order valence-corrected chi connectivity index (χ2v) is 4.81. The number of ether oxygens (including phenoxy) is 2. The van der Waals surface area contributed by atoms with E-state index in [1.165, 1.54) is 12.0 Å². The number of amides is 2. The van der Waals surface area contributed by atoms with Gasteiger partial charge in [0, 0.05) is 6.54 Å². The summed E-state index contributed by atoms with van der Waals surface area (Å²) in [5, 5.41) is 11.6. The summed E-state index contributed by atoms with van der Waals surface area (Å²) in [6.07, 6.45) is 1.11. The van der Waals surface area contributed by atoms with Crippen molar-refractivity contribution in [2.75, 3.05) is 26.8 Å². The van der Waals surface area contributed by atoms with Gasteiger partial charge in [0.05, 0.1) is 20.3 Å². The molecule has 0 spiro atoms. The maximum absolute atomic E-state index is 12.1. The maximum Gasteiger partial charge on any atom is 0.336 e. The van der Waals surface area contributed by atoms with Crippen molar-refractivity contribution in [3.8, 4) is 0 Å². The molecule has 0 saturated carbocycles. The molecule has 21 heavy (non-hydrogen) atoms. The zero-order chi connectivity index (χ0) is 15.8. The Kier molecular flexibility index (Phi) is 6.93. The van der Waals surface area contributed by atoms with Crippen molar-refractivity contribution in [1.29, 1.82) is 0 Å². The average Bonchev–Trinajstić information content (AvgIpc) is 2.50. The second-order valence-electron chi connectivity index (χ2n) is 4.81. The Hall–Kier alpha value is -1.83. The molecule has 1 rings (SSSR count). The highest BCUT2D eigenvalue weighted by atomic mass is 16.6. The fourth-order valence-corrected chi connectivity index (χ4v) is 2.01. The smallest absolute Gasteiger partial charge is 0.336 e. The van der Waals surface area contributed by atoms with Crippen molar-refractivity contribution in [3.63, 3.8) is 0 Å². The zero-order valence-electron chi connectivity index (χ0n) is 12.3. The van der Waals surface area contributed by atoms with E-state index in [0.717, 1.165) is 6.42 Å². The molecule has 2 N–H and O–H groups in total. The Balaban J connectivity index is 2.56. The van der Waals surface area contributed by atoms with Crippen LogP contribution in [0.2, 0.25) is 0 Å². The number of methoxy groups -OCH3 is 1. The number of aliphatic carboxylic acids is 1. The molecule has 1 unspecified atom stereocenters. The fourth-order valence-electron chi connectivity index (χ4n) is 2.01. The first kappa shape index (κ1) is 17.2. The standard InChI is InChI=1S/C13H22N2O6/c1-3-4-5-9(11(16)17)14-13(19)15-6-7-21-10(8-15)12(18)20-2/h9-10H,3-8H2,1-2H3,(H,14,19)(H,16,17)/t9-,10?/m0/s1. The number of unbranched alkanes of at least 4 members (excludes halogenated alkanes) is 1. The number of carbonyl (C=O) groups is 3. The molecule has 1 fully saturated rings. The van der Waals surface area contributed by atoms with E-state index in [0.29, 0.717) is 19.4 Å². The molecule has 8 nitrogen and oxygen atoms in total. The highest BCUT2D eigenvalue weighted by Crippen LogP contribution is 2.08. The van der Waals surface area contributed by atoms with Crippen LogP contribution in [0, 0.1) is 0 Å². The van der Waals surface area contributed by atoms with Crippen molar-refractivity contribution < 1.29 is 29.0 Å². The number of carboxylic acid groups (broad SMARTS) is 1. The molecule has 8 heteroatoms. The molecular weight excluding hydrogens is 280 g/mol. The van der Waals surface area contributed by atoms with E-state index in [2.05, 4.69) is 10.1 Å². The molecule has 0 aromatic carbocycles. The van der Waals surface area contributed by atoms with Gasteiger partial charge in [0.25, 0.3) is 0 Å². The Labute approximate surface area is 123 Å². The molecular formula is C13H22N2O6. The lowest BCUT2D eigenvalue weighted by atomic mass is 10.1. The minimum absolute atomic E-state index is 0.0542. The number of nitrogens with zero attached hydrogens (tertiary/aromatic N) is 1. The van der Waals surface area contributed by atoms with Crippen LogP contribution in [0.15, 0.2) is 0 Å². The number of morpholine rings is 1. The van der Waals surface area contributed by atoms with Gasteiger partial charge in [0.2, 0.25) is 0 Å². The monoisotopic (exact) mass is 302 g/mol. The minimum Gasteiger partial charge on any atom is -0.480 e. The number of esters is 1. The van der Waals surface area contributed by atoms with E-state index in [-0.39, 0.29) is 13.2 Å². The molecule has 120 valence electrons. The summed E-state index contributed by atoms with van der Waals surface area (Å²) in [4.78, 5) is 36.0. The normalized spacial score (nSPS) is 19.7. The van der Waals surface area contributed by atoms with Gasteiger partial charge in [-0.15, -0.1) is 0 Å². The van der Waals surface area contributed by atoms with Gasteiger partial charge in [0.1, 0.15) is 6.04 Å². The van der Waals surface area contributed by atoms with Crippen LogP contribution in [-0.2, 0) is 19.1 Å². The quantitative estimate of drug-likeness (QED) is 0.680. The minimum atomic E-state index is -1.06. The molecule has 1 heterocycles. The van der Waals surface area contributed by atoms with Crippen LogP contribution in [0.3, 0.4) is 0 Å². The summed E-state index contributed by atoms with van der Waals surface area (Å²) in [5.41, 5.74) is 0. The Bertz CT molecular complexity index is 387. The average molecular weight is 302 g/mol. The lowest BCUT2D eigenvalue weighted by molar-refractivity contribution is -0.158. The topological polar surface area (TPSA) is 105 Å². The van der Waals surface area contributed by atoms with Gasteiger partial charge in [-0.3, -0.25) is 0 Å². The third-order valence-electron chi connectivity index (χ3n) is 3.26. The van der Waals surface area contributed by atoms with Gasteiger partial charge in [-0.05, 0) is 6.42 Å². The summed E-state index contributed by atoms with van der Waals surface area (Å²) in [6, 6.07) is -1.42. The fraction of sp³-hybridized carbons (Fsp3) is 0.769. The predicted molar refractivity (Wildman–Crippen MR) is 72.8 cm³/mol. The van der Waals surface area contributed by atoms with Gasteiger partial charge in [0.15, 0.2) is 6.10 Å². The molecule has 1 saturated heterocycles. The van der Waals surface area contributed by atoms with Crippen molar-refractivity contribution in [2.24, 2.45) is 0 Å². The first-order valence-corrected chi connectivity index (χ1v) is 6.97. The lowest BCUT2D eigenvalue weighted by Crippen LogP contribution is -2.54. The Morgan fingerprint density at radius 2 is 2.19 bits per heavy atom. The van der Waals surface area contributed by atoms with Crippen LogP contribution < -0.4 is 5.32 Å². The van der Waals surface area contributed by atoms with E-state index in [1.807, 2.05) is 6.92 Å². The number of hydrogen-bond donors (Lipinski definition) is 2. The van der Waals surface area contributed by atoms with Crippen LogP contribution in [0.4, 0.5) is 4.79 Å². The summed E-state index contributed by atoms with van der Waals surface area (Å²) in [7, 11) is 1.25. The number of nitrogens with one attached hydrogen (secondary N) is 1. The molecule has 1 aliphatic heterocycles. The summed E-state index contributed by atoms with van der Waals surface area (Å²) in [6.45, 7) is 2.52. The van der Waals surface area contributed by atoms with E-state index < -0.39 is 30.1 Å². The zero-order valence-corrected chi connectivity index (χ0v) is 12.3. The van der Waals surface area contributed by atoms with Crippen molar-refractivity contribution in [1.82, 2.24) is 10.2 Å². The second kappa shape index (κ2) is 8.46. The summed E-state index contributed by atoms with van der Waals surface area (Å²) >= 11 is 0. The van der Waals surface area contributed by atoms with Gasteiger partial charge in [-0.25, -0.2) is 14.4 Å². The SMILES string of the molecule is CCCC[C@H](NC(=O)N1CCOC(C(=O)OC)C1)C(=O)O.